The van der Waals surface area contributed by atoms with Crippen LogP contribution in [0, 0.1) is 0 Å². The van der Waals surface area contributed by atoms with Crippen LogP contribution in [0.3, 0.4) is 0 Å². The topological polar surface area (TPSA) is 87.7 Å². The van der Waals surface area contributed by atoms with E-state index in [2.05, 4.69) is 98.3 Å². The van der Waals surface area contributed by atoms with Crippen molar-refractivity contribution in [1.82, 2.24) is 14.9 Å². The number of fused-ring (bicyclic) bond motifs is 1. The molecule has 38 heavy (non-hydrogen) atoms. The number of amides is 1. The lowest BCUT2D eigenvalue weighted by Crippen LogP contribution is -2.41. The zero-order valence-electron chi connectivity index (χ0n) is 22.2. The maximum absolute atomic E-state index is 11.5. The number of H-pyrrole nitrogens is 1. The van der Waals surface area contributed by atoms with Crippen LogP contribution in [0.5, 0.6) is 0 Å². The fraction of sp³-hybridized carbons (Fsp3) is 0.333. The van der Waals surface area contributed by atoms with Crippen LogP contribution in [0.1, 0.15) is 52.4 Å². The van der Waals surface area contributed by atoms with E-state index >= 15 is 0 Å². The van der Waals surface area contributed by atoms with Gasteiger partial charge >= 0.3 is 13.2 Å². The first kappa shape index (κ1) is 24.7. The summed E-state index contributed by atoms with van der Waals surface area (Å²) < 4.78 is 12.4. The lowest BCUT2D eigenvalue weighted by atomic mass is 9.78. The molecule has 1 unspecified atom stereocenters. The number of rotatable bonds is 4. The van der Waals surface area contributed by atoms with Crippen molar-refractivity contribution >= 4 is 29.4 Å². The largest absolute Gasteiger partial charge is 0.494 e. The minimum atomic E-state index is -0.894. The van der Waals surface area contributed by atoms with E-state index in [4.69, 9.17) is 9.31 Å². The number of aromatic amines is 1. The number of hydrogen-bond acceptors (Lipinski definition) is 4. The van der Waals surface area contributed by atoms with Crippen molar-refractivity contribution in [2.45, 2.75) is 57.8 Å². The molecule has 0 bridgehead atoms. The van der Waals surface area contributed by atoms with E-state index in [1.807, 2.05) is 0 Å². The third-order valence-electron chi connectivity index (χ3n) is 8.33. The van der Waals surface area contributed by atoms with Gasteiger partial charge in [-0.3, -0.25) is 4.90 Å². The van der Waals surface area contributed by atoms with E-state index < -0.39 is 6.09 Å². The first-order chi connectivity index (χ1) is 18.1. The predicted octanol–water partition coefficient (Wildman–Crippen LogP) is 6.01. The molecule has 2 N–H and O–H groups in total. The fourth-order valence-electron chi connectivity index (χ4n) is 5.34. The zero-order valence-corrected chi connectivity index (χ0v) is 22.2. The van der Waals surface area contributed by atoms with E-state index in [0.29, 0.717) is 12.4 Å². The van der Waals surface area contributed by atoms with Gasteiger partial charge in [-0.25, -0.2) is 9.78 Å². The molecule has 194 valence electrons. The standard InChI is InChI=1S/C30H32BN3O4/c1-29(2)30(3,4)38-31(37-29)24-13-11-19(12-14-24)20-7-8-22-17-23(10-9-21(22)16-20)25-18-32-27(33-25)26-6-5-15-34(26)28(35)36/h7-14,16-18,26H,5-6,15H2,1-4H3,(H,32,33)(H,35,36). The highest BCUT2D eigenvalue weighted by Crippen LogP contribution is 2.37. The van der Waals surface area contributed by atoms with E-state index in [0.717, 1.165) is 51.5 Å². The van der Waals surface area contributed by atoms with E-state index in [1.54, 1.807) is 6.20 Å². The van der Waals surface area contributed by atoms with Crippen LogP contribution >= 0.6 is 0 Å². The number of hydrogen-bond donors (Lipinski definition) is 2. The summed E-state index contributed by atoms with van der Waals surface area (Å²) in [6.07, 6.45) is 2.55. The highest BCUT2D eigenvalue weighted by molar-refractivity contribution is 6.62. The number of likely N-dealkylation sites (tertiary alicyclic amines) is 1. The maximum atomic E-state index is 11.5. The molecule has 0 spiro atoms. The normalized spacial score (nSPS) is 20.4. The quantitative estimate of drug-likeness (QED) is 0.329. The molecule has 1 atom stereocenters. The Kier molecular flexibility index (Phi) is 5.85. The molecule has 0 saturated carbocycles. The molecule has 2 fully saturated rings. The average Bonchev–Trinajstić information content (AvgIpc) is 3.61. The first-order valence-corrected chi connectivity index (χ1v) is 13.2. The molecule has 4 aromatic rings. The van der Waals surface area contributed by atoms with Crippen LogP contribution < -0.4 is 5.46 Å². The average molecular weight is 509 g/mol. The molecule has 3 aromatic carbocycles. The second-order valence-corrected chi connectivity index (χ2v) is 11.3. The molecule has 8 heteroatoms. The molecule has 6 rings (SSSR count). The molecular formula is C30H32BN3O4. The monoisotopic (exact) mass is 509 g/mol. The number of imidazole rings is 1. The van der Waals surface area contributed by atoms with Crippen LogP contribution in [-0.4, -0.2) is 50.9 Å². The lowest BCUT2D eigenvalue weighted by Gasteiger charge is -2.32. The number of nitrogens with one attached hydrogen (secondary N) is 1. The second-order valence-electron chi connectivity index (χ2n) is 11.3. The van der Waals surface area contributed by atoms with Crippen molar-refractivity contribution in [3.8, 4) is 22.4 Å². The summed E-state index contributed by atoms with van der Waals surface area (Å²) >= 11 is 0. The van der Waals surface area contributed by atoms with Crippen LogP contribution in [-0.2, 0) is 9.31 Å². The Hall–Kier alpha value is -3.62. The van der Waals surface area contributed by atoms with Crippen LogP contribution in [0.25, 0.3) is 33.2 Å². The Morgan fingerprint density at radius 2 is 1.55 bits per heavy atom. The van der Waals surface area contributed by atoms with Crippen molar-refractivity contribution in [2.75, 3.05) is 6.54 Å². The van der Waals surface area contributed by atoms with Gasteiger partial charge in [-0.1, -0.05) is 48.5 Å². The summed E-state index contributed by atoms with van der Waals surface area (Å²) in [5.74, 6) is 0.708. The summed E-state index contributed by atoms with van der Waals surface area (Å²) in [5, 5.41) is 11.7. The Bertz CT molecular complexity index is 1500. The van der Waals surface area contributed by atoms with Gasteiger partial charge < -0.3 is 19.4 Å². The van der Waals surface area contributed by atoms with Gasteiger partial charge in [0.05, 0.1) is 29.1 Å². The van der Waals surface area contributed by atoms with Gasteiger partial charge in [-0.05, 0) is 80.0 Å². The lowest BCUT2D eigenvalue weighted by molar-refractivity contribution is 0.00578. The maximum Gasteiger partial charge on any atom is 0.494 e. The molecule has 3 heterocycles. The number of benzene rings is 3. The van der Waals surface area contributed by atoms with E-state index in [1.165, 1.54) is 4.90 Å². The Balaban J connectivity index is 1.21. The molecule has 7 nitrogen and oxygen atoms in total. The SMILES string of the molecule is CC1(C)OB(c2ccc(-c3ccc4cc(-c5cnc(C6CCCN6C(=O)O)[nH]5)ccc4c3)cc2)OC1(C)C. The predicted molar refractivity (Wildman–Crippen MR) is 149 cm³/mol. The summed E-state index contributed by atoms with van der Waals surface area (Å²) in [6.45, 7) is 8.81. The van der Waals surface area contributed by atoms with Crippen molar-refractivity contribution < 1.29 is 19.2 Å². The van der Waals surface area contributed by atoms with Crippen LogP contribution in [0.15, 0.2) is 66.9 Å². The summed E-state index contributed by atoms with van der Waals surface area (Å²) in [5.41, 5.74) is 4.48. The van der Waals surface area contributed by atoms with Crippen molar-refractivity contribution in [1.29, 1.82) is 0 Å². The number of carboxylic acid groups (broad SMARTS) is 1. The molecule has 1 aromatic heterocycles. The smallest absolute Gasteiger partial charge is 0.465 e. The molecule has 0 radical (unpaired) electrons. The highest BCUT2D eigenvalue weighted by atomic mass is 16.7. The summed E-state index contributed by atoms with van der Waals surface area (Å²) in [7, 11) is -0.368. The van der Waals surface area contributed by atoms with Gasteiger partial charge in [-0.15, -0.1) is 0 Å². The van der Waals surface area contributed by atoms with Crippen LogP contribution in [0.4, 0.5) is 4.79 Å². The van der Waals surface area contributed by atoms with Gasteiger partial charge in [0.1, 0.15) is 5.82 Å². The summed E-state index contributed by atoms with van der Waals surface area (Å²) in [4.78, 5) is 20.9. The van der Waals surface area contributed by atoms with E-state index in [9.17, 15) is 9.90 Å². The molecule has 2 aliphatic heterocycles. The van der Waals surface area contributed by atoms with Gasteiger partial charge in [0.15, 0.2) is 0 Å². The second kappa shape index (κ2) is 9.00. The van der Waals surface area contributed by atoms with Crippen molar-refractivity contribution in [3.05, 3.63) is 72.7 Å². The molecule has 2 aliphatic rings. The summed E-state index contributed by atoms with van der Waals surface area (Å²) in [6, 6.07) is 21.0. The van der Waals surface area contributed by atoms with Gasteiger partial charge in [0.2, 0.25) is 0 Å². The highest BCUT2D eigenvalue weighted by Gasteiger charge is 2.51. The molecule has 1 amide bonds. The number of aromatic nitrogens is 2. The third kappa shape index (κ3) is 4.27. The zero-order chi connectivity index (χ0) is 26.7. The molecular weight excluding hydrogens is 477 g/mol. The van der Waals surface area contributed by atoms with Crippen molar-refractivity contribution in [3.63, 3.8) is 0 Å². The molecule has 0 aliphatic carbocycles. The Labute approximate surface area is 222 Å². The van der Waals surface area contributed by atoms with Crippen molar-refractivity contribution in [2.24, 2.45) is 0 Å². The minimum absolute atomic E-state index is 0.208. The number of nitrogens with zero attached hydrogens (tertiary/aromatic N) is 2. The third-order valence-corrected chi connectivity index (χ3v) is 8.33. The van der Waals surface area contributed by atoms with Gasteiger partial charge in [-0.2, -0.15) is 0 Å². The molecule has 2 saturated heterocycles. The first-order valence-electron chi connectivity index (χ1n) is 13.2. The Morgan fingerprint density at radius 1 is 0.947 bits per heavy atom. The van der Waals surface area contributed by atoms with Gasteiger partial charge in [0.25, 0.3) is 0 Å². The number of carbonyl (C=O) groups is 1. The van der Waals surface area contributed by atoms with E-state index in [-0.39, 0.29) is 24.4 Å². The Morgan fingerprint density at radius 3 is 2.21 bits per heavy atom. The minimum Gasteiger partial charge on any atom is -0.465 e. The fourth-order valence-corrected chi connectivity index (χ4v) is 5.34. The van der Waals surface area contributed by atoms with Gasteiger partial charge in [0, 0.05) is 12.1 Å². The van der Waals surface area contributed by atoms with Crippen LogP contribution in [0.2, 0.25) is 0 Å².